The van der Waals surface area contributed by atoms with Gasteiger partial charge in [0.2, 0.25) is 0 Å². The molecule has 0 aliphatic heterocycles. The number of benzene rings is 3. The second-order valence-electron chi connectivity index (χ2n) is 4.70. The van der Waals surface area contributed by atoms with Crippen LogP contribution in [-0.2, 0) is 0 Å². The number of rotatable bonds is 2. The van der Waals surface area contributed by atoms with Crippen LogP contribution in [-0.4, -0.2) is 21.1 Å². The molecule has 3 rings (SSSR count). The molecule has 0 saturated carbocycles. The van der Waals surface area contributed by atoms with Crippen LogP contribution in [0.25, 0.3) is 0 Å². The predicted molar refractivity (Wildman–Crippen MR) is 87.8 cm³/mol. The topological polar surface area (TPSA) is 77.8 Å². The molecule has 3 aromatic carbocycles. The molecule has 0 spiro atoms. The predicted octanol–water partition coefficient (Wildman–Crippen LogP) is 3.72. The van der Waals surface area contributed by atoms with Crippen molar-refractivity contribution in [1.82, 2.24) is 0 Å². The number of para-hydroxylation sites is 3. The normalized spacial score (nSPS) is 9.57. The molecule has 0 amide bonds. The molecular formula is C19H16O4. The highest BCUT2D eigenvalue weighted by Crippen LogP contribution is 2.21. The van der Waals surface area contributed by atoms with E-state index >= 15 is 0 Å². The highest BCUT2D eigenvalue weighted by molar-refractivity contribution is 6.10. The lowest BCUT2D eigenvalue weighted by Gasteiger charge is -2.02. The van der Waals surface area contributed by atoms with Gasteiger partial charge in [0.1, 0.15) is 5.75 Å². The van der Waals surface area contributed by atoms with E-state index in [0.717, 1.165) is 0 Å². The highest BCUT2D eigenvalue weighted by atomic mass is 16.3. The summed E-state index contributed by atoms with van der Waals surface area (Å²) < 4.78 is 0. The van der Waals surface area contributed by atoms with Crippen molar-refractivity contribution in [3.63, 3.8) is 0 Å². The van der Waals surface area contributed by atoms with Gasteiger partial charge in [-0.05, 0) is 24.3 Å². The Kier molecular flexibility index (Phi) is 5.36. The maximum atomic E-state index is 11.9. The van der Waals surface area contributed by atoms with Crippen molar-refractivity contribution in [3.05, 3.63) is 90.0 Å². The van der Waals surface area contributed by atoms with Crippen LogP contribution in [0.15, 0.2) is 78.9 Å². The Labute approximate surface area is 133 Å². The Bertz CT molecular complexity index is 761. The first-order valence-electron chi connectivity index (χ1n) is 6.94. The maximum Gasteiger partial charge on any atom is 0.196 e. The van der Waals surface area contributed by atoms with E-state index in [1.807, 2.05) is 6.07 Å². The summed E-state index contributed by atoms with van der Waals surface area (Å²) in [5.41, 5.74) is 0.919. The minimum Gasteiger partial charge on any atom is -0.507 e. The van der Waals surface area contributed by atoms with E-state index in [-0.39, 0.29) is 23.0 Å². The minimum atomic E-state index is -0.159. The van der Waals surface area contributed by atoms with Gasteiger partial charge in [-0.2, -0.15) is 0 Å². The number of carbonyl (C=O) groups is 1. The summed E-state index contributed by atoms with van der Waals surface area (Å²) in [7, 11) is 0. The van der Waals surface area contributed by atoms with Crippen molar-refractivity contribution >= 4 is 5.78 Å². The SMILES string of the molecule is O=C(c1ccccc1)c1ccccc1O.Oc1ccccc1O. The molecule has 4 heteroatoms. The van der Waals surface area contributed by atoms with E-state index in [1.165, 1.54) is 18.2 Å². The molecule has 0 fully saturated rings. The van der Waals surface area contributed by atoms with Crippen LogP contribution >= 0.6 is 0 Å². The third-order valence-electron chi connectivity index (χ3n) is 3.07. The molecule has 0 heterocycles. The van der Waals surface area contributed by atoms with Crippen LogP contribution in [0.4, 0.5) is 0 Å². The van der Waals surface area contributed by atoms with Crippen LogP contribution in [0, 0.1) is 0 Å². The summed E-state index contributed by atoms with van der Waals surface area (Å²) in [5.74, 6) is -0.292. The molecular weight excluding hydrogens is 292 g/mol. The molecule has 116 valence electrons. The zero-order chi connectivity index (χ0) is 16.7. The molecule has 0 aliphatic rings. The largest absolute Gasteiger partial charge is 0.507 e. The van der Waals surface area contributed by atoms with Crippen LogP contribution in [0.3, 0.4) is 0 Å². The van der Waals surface area contributed by atoms with Gasteiger partial charge in [0.05, 0.1) is 5.56 Å². The average molecular weight is 308 g/mol. The molecule has 23 heavy (non-hydrogen) atoms. The molecule has 4 nitrogen and oxygen atoms in total. The van der Waals surface area contributed by atoms with E-state index in [9.17, 15) is 9.90 Å². The van der Waals surface area contributed by atoms with Gasteiger partial charge in [-0.1, -0.05) is 54.6 Å². The molecule has 0 aliphatic carbocycles. The van der Waals surface area contributed by atoms with Crippen molar-refractivity contribution in [2.24, 2.45) is 0 Å². The van der Waals surface area contributed by atoms with E-state index in [2.05, 4.69) is 0 Å². The molecule has 0 atom stereocenters. The number of phenolic OH excluding ortho intramolecular Hbond substituents is 3. The summed E-state index contributed by atoms with van der Waals surface area (Å²) in [6, 6.07) is 21.6. The van der Waals surface area contributed by atoms with Gasteiger partial charge < -0.3 is 15.3 Å². The molecule has 0 saturated heterocycles. The fourth-order valence-corrected chi connectivity index (χ4v) is 1.87. The zero-order valence-electron chi connectivity index (χ0n) is 12.3. The van der Waals surface area contributed by atoms with Gasteiger partial charge in [0, 0.05) is 5.56 Å². The van der Waals surface area contributed by atoms with Gasteiger partial charge in [0.25, 0.3) is 0 Å². The third-order valence-corrected chi connectivity index (χ3v) is 3.07. The van der Waals surface area contributed by atoms with Gasteiger partial charge in [0.15, 0.2) is 17.3 Å². The lowest BCUT2D eigenvalue weighted by molar-refractivity contribution is 0.103. The number of carbonyl (C=O) groups excluding carboxylic acids is 1. The number of aromatic hydroxyl groups is 3. The number of ketones is 1. The first-order valence-corrected chi connectivity index (χ1v) is 6.94. The summed E-state index contributed by atoms with van der Waals surface area (Å²) in [5, 5.41) is 26.9. The molecule has 0 radical (unpaired) electrons. The van der Waals surface area contributed by atoms with Gasteiger partial charge in [-0.3, -0.25) is 4.79 Å². The van der Waals surface area contributed by atoms with Crippen molar-refractivity contribution in [3.8, 4) is 17.2 Å². The quantitative estimate of drug-likeness (QED) is 0.498. The third kappa shape index (κ3) is 4.35. The van der Waals surface area contributed by atoms with E-state index in [4.69, 9.17) is 10.2 Å². The molecule has 3 N–H and O–H groups in total. The number of hydrogen-bond donors (Lipinski definition) is 3. The Hall–Kier alpha value is -3.27. The average Bonchev–Trinajstić information content (AvgIpc) is 2.59. The van der Waals surface area contributed by atoms with E-state index in [0.29, 0.717) is 11.1 Å². The lowest BCUT2D eigenvalue weighted by atomic mass is 10.0. The molecule has 0 unspecified atom stereocenters. The van der Waals surface area contributed by atoms with Gasteiger partial charge >= 0.3 is 0 Å². The minimum absolute atomic E-state index is 0.0198. The van der Waals surface area contributed by atoms with Gasteiger partial charge in [-0.25, -0.2) is 0 Å². The fourth-order valence-electron chi connectivity index (χ4n) is 1.87. The van der Waals surface area contributed by atoms with E-state index < -0.39 is 0 Å². The summed E-state index contributed by atoms with van der Waals surface area (Å²) in [4.78, 5) is 11.9. The zero-order valence-corrected chi connectivity index (χ0v) is 12.3. The van der Waals surface area contributed by atoms with Crippen LogP contribution in [0.1, 0.15) is 15.9 Å². The molecule has 0 aromatic heterocycles. The Balaban J connectivity index is 0.000000203. The first kappa shape index (κ1) is 16.1. The number of hydrogen-bond acceptors (Lipinski definition) is 4. The van der Waals surface area contributed by atoms with Crippen LogP contribution < -0.4 is 0 Å². The second-order valence-corrected chi connectivity index (χ2v) is 4.70. The van der Waals surface area contributed by atoms with Crippen molar-refractivity contribution in [1.29, 1.82) is 0 Å². The summed E-state index contributed by atoms with van der Waals surface area (Å²) >= 11 is 0. The standard InChI is InChI=1S/C13H10O2.C6H6O2/c14-12-9-5-4-8-11(12)13(15)10-6-2-1-3-7-10;7-5-3-1-2-4-6(5)8/h1-9,14H;1-4,7-8H. The number of phenols is 3. The van der Waals surface area contributed by atoms with Crippen molar-refractivity contribution in [2.45, 2.75) is 0 Å². The lowest BCUT2D eigenvalue weighted by Crippen LogP contribution is -2.00. The molecule has 0 bridgehead atoms. The summed E-state index contributed by atoms with van der Waals surface area (Å²) in [6.45, 7) is 0. The van der Waals surface area contributed by atoms with Crippen LogP contribution in [0.2, 0.25) is 0 Å². The van der Waals surface area contributed by atoms with E-state index in [1.54, 1.807) is 54.6 Å². The Morgan fingerprint density at radius 3 is 1.48 bits per heavy atom. The molecule has 3 aromatic rings. The van der Waals surface area contributed by atoms with Gasteiger partial charge in [-0.15, -0.1) is 0 Å². The monoisotopic (exact) mass is 308 g/mol. The smallest absolute Gasteiger partial charge is 0.196 e. The second kappa shape index (κ2) is 7.66. The van der Waals surface area contributed by atoms with Crippen molar-refractivity contribution < 1.29 is 20.1 Å². The Morgan fingerprint density at radius 1 is 0.565 bits per heavy atom. The Morgan fingerprint density at radius 2 is 1.00 bits per heavy atom. The first-order chi connectivity index (χ1) is 11.1. The maximum absolute atomic E-state index is 11.9. The van der Waals surface area contributed by atoms with Crippen LogP contribution in [0.5, 0.6) is 17.2 Å². The summed E-state index contributed by atoms with van der Waals surface area (Å²) in [6.07, 6.45) is 0. The highest BCUT2D eigenvalue weighted by Gasteiger charge is 2.11. The fraction of sp³-hybridized carbons (Fsp3) is 0. The van der Waals surface area contributed by atoms with Crippen molar-refractivity contribution in [2.75, 3.05) is 0 Å².